The number of nitrogens with one attached hydrogen (secondary N) is 1. The molecule has 2 amide bonds. The number of piperazine rings is 1. The van der Waals surface area contributed by atoms with Crippen molar-refractivity contribution in [3.8, 4) is 0 Å². The number of carbonyl (C=O) groups excluding carboxylic acids is 2. The summed E-state index contributed by atoms with van der Waals surface area (Å²) in [6, 6.07) is 10.0. The lowest BCUT2D eigenvalue weighted by Crippen LogP contribution is -2.55. The van der Waals surface area contributed by atoms with Gasteiger partial charge in [-0.1, -0.05) is 37.3 Å². The normalized spacial score (nSPS) is 17.2. The molecule has 1 aliphatic heterocycles. The fraction of sp³-hybridized carbons (Fsp3) is 0.500. The molecule has 114 valence electrons. The van der Waals surface area contributed by atoms with Crippen LogP contribution in [0, 0.1) is 0 Å². The van der Waals surface area contributed by atoms with E-state index in [2.05, 4.69) is 5.32 Å². The van der Waals surface area contributed by atoms with Gasteiger partial charge in [-0.15, -0.1) is 0 Å². The quantitative estimate of drug-likeness (QED) is 0.851. The molecule has 1 aromatic carbocycles. The Morgan fingerprint density at radius 2 is 1.71 bits per heavy atom. The molecular weight excluding hydrogens is 266 g/mol. The summed E-state index contributed by atoms with van der Waals surface area (Å²) in [5.41, 5.74) is 1.12. The van der Waals surface area contributed by atoms with E-state index in [0.29, 0.717) is 13.1 Å². The Labute approximate surface area is 125 Å². The number of amides is 2. The van der Waals surface area contributed by atoms with E-state index in [-0.39, 0.29) is 30.9 Å². The van der Waals surface area contributed by atoms with Crippen molar-refractivity contribution in [2.24, 2.45) is 0 Å². The van der Waals surface area contributed by atoms with Gasteiger partial charge in [0.15, 0.2) is 0 Å². The minimum Gasteiger partial charge on any atom is -0.332 e. The van der Waals surface area contributed by atoms with E-state index in [1.165, 1.54) is 0 Å². The van der Waals surface area contributed by atoms with Crippen LogP contribution in [0.4, 0.5) is 0 Å². The lowest BCUT2D eigenvalue weighted by Gasteiger charge is -2.35. The molecule has 1 unspecified atom stereocenters. The zero-order valence-corrected chi connectivity index (χ0v) is 12.7. The Kier molecular flexibility index (Phi) is 5.33. The number of hydrogen-bond donors (Lipinski definition) is 1. The summed E-state index contributed by atoms with van der Waals surface area (Å²) in [5.74, 6) is 0.0681. The Morgan fingerprint density at radius 3 is 2.33 bits per heavy atom. The summed E-state index contributed by atoms with van der Waals surface area (Å²) >= 11 is 0. The van der Waals surface area contributed by atoms with Gasteiger partial charge in [0.1, 0.15) is 0 Å². The molecule has 0 radical (unpaired) electrons. The summed E-state index contributed by atoms with van der Waals surface area (Å²) < 4.78 is 0. The molecule has 5 nitrogen and oxygen atoms in total. The summed E-state index contributed by atoms with van der Waals surface area (Å²) in [4.78, 5) is 27.6. The summed E-state index contributed by atoms with van der Waals surface area (Å²) in [6.45, 7) is 3.58. The van der Waals surface area contributed by atoms with E-state index >= 15 is 0 Å². The van der Waals surface area contributed by atoms with Crippen LogP contribution in [-0.2, 0) is 9.59 Å². The molecule has 0 aromatic heterocycles. The molecule has 1 heterocycles. The Bertz CT molecular complexity index is 490. The van der Waals surface area contributed by atoms with Crippen molar-refractivity contribution in [1.82, 2.24) is 15.1 Å². The molecule has 0 aliphatic carbocycles. The van der Waals surface area contributed by atoms with E-state index in [4.69, 9.17) is 0 Å². The third kappa shape index (κ3) is 3.82. The third-order valence-corrected chi connectivity index (χ3v) is 3.80. The van der Waals surface area contributed by atoms with Gasteiger partial charge in [-0.25, -0.2) is 0 Å². The first kappa shape index (κ1) is 15.5. The summed E-state index contributed by atoms with van der Waals surface area (Å²) in [5, 5.41) is 3.22. The van der Waals surface area contributed by atoms with E-state index in [1.54, 1.807) is 9.80 Å². The lowest BCUT2D eigenvalue weighted by molar-refractivity contribution is -0.150. The fourth-order valence-electron chi connectivity index (χ4n) is 2.61. The smallest absolute Gasteiger partial charge is 0.242 e. The Morgan fingerprint density at radius 1 is 1.10 bits per heavy atom. The molecule has 1 N–H and O–H groups in total. The second-order valence-corrected chi connectivity index (χ2v) is 5.34. The molecule has 1 atom stereocenters. The molecule has 2 rings (SSSR count). The number of carbonyl (C=O) groups is 2. The standard InChI is InChI=1S/C16H23N3O2/c1-3-9-18-11-16(21)19(12-15(18)20)10-14(17-2)13-7-5-4-6-8-13/h4-8,14,17H,3,9-12H2,1-2H3. The maximum atomic E-state index is 12.2. The number of likely N-dealkylation sites (N-methyl/N-ethyl adjacent to an activating group) is 1. The molecule has 21 heavy (non-hydrogen) atoms. The predicted molar refractivity (Wildman–Crippen MR) is 81.7 cm³/mol. The van der Waals surface area contributed by atoms with Gasteiger partial charge in [-0.3, -0.25) is 9.59 Å². The maximum absolute atomic E-state index is 12.2. The van der Waals surface area contributed by atoms with Gasteiger partial charge in [-0.2, -0.15) is 0 Å². The molecule has 1 fully saturated rings. The number of nitrogens with zero attached hydrogens (tertiary/aromatic N) is 2. The van der Waals surface area contributed by atoms with E-state index in [9.17, 15) is 9.59 Å². The van der Waals surface area contributed by atoms with Crippen molar-refractivity contribution in [2.45, 2.75) is 19.4 Å². The van der Waals surface area contributed by atoms with Crippen molar-refractivity contribution >= 4 is 11.8 Å². The first-order valence-electron chi connectivity index (χ1n) is 7.43. The predicted octanol–water partition coefficient (Wildman–Crippen LogP) is 1.03. The highest BCUT2D eigenvalue weighted by molar-refractivity contribution is 5.92. The highest BCUT2D eigenvalue weighted by Gasteiger charge is 2.30. The monoisotopic (exact) mass is 289 g/mol. The van der Waals surface area contributed by atoms with Crippen LogP contribution in [0.15, 0.2) is 30.3 Å². The molecular formula is C16H23N3O2. The van der Waals surface area contributed by atoms with Gasteiger partial charge in [0.05, 0.1) is 13.1 Å². The second-order valence-electron chi connectivity index (χ2n) is 5.34. The molecule has 1 aromatic rings. The first-order chi connectivity index (χ1) is 10.2. The van der Waals surface area contributed by atoms with Crippen LogP contribution in [0.1, 0.15) is 24.9 Å². The van der Waals surface area contributed by atoms with Crippen molar-refractivity contribution in [1.29, 1.82) is 0 Å². The largest absolute Gasteiger partial charge is 0.332 e. The second kappa shape index (κ2) is 7.22. The van der Waals surface area contributed by atoms with E-state index < -0.39 is 0 Å². The van der Waals surface area contributed by atoms with Crippen molar-refractivity contribution in [3.63, 3.8) is 0 Å². The van der Waals surface area contributed by atoms with Crippen LogP contribution in [0.5, 0.6) is 0 Å². The van der Waals surface area contributed by atoms with Crippen LogP contribution in [0.3, 0.4) is 0 Å². The average Bonchev–Trinajstić information content (AvgIpc) is 2.50. The Balaban J connectivity index is 2.02. The molecule has 0 bridgehead atoms. The van der Waals surface area contributed by atoms with Crippen LogP contribution >= 0.6 is 0 Å². The van der Waals surface area contributed by atoms with Crippen molar-refractivity contribution in [3.05, 3.63) is 35.9 Å². The SMILES string of the molecule is CCCN1CC(=O)N(CC(NC)c2ccccc2)CC1=O. The van der Waals surface area contributed by atoms with E-state index in [0.717, 1.165) is 12.0 Å². The maximum Gasteiger partial charge on any atom is 0.242 e. The molecule has 5 heteroatoms. The van der Waals surface area contributed by atoms with Gasteiger partial charge in [0.2, 0.25) is 11.8 Å². The number of hydrogen-bond acceptors (Lipinski definition) is 3. The van der Waals surface area contributed by atoms with Crippen molar-refractivity contribution < 1.29 is 9.59 Å². The summed E-state index contributed by atoms with van der Waals surface area (Å²) in [6.07, 6.45) is 0.877. The zero-order valence-electron chi connectivity index (χ0n) is 12.7. The minimum absolute atomic E-state index is 0.0271. The molecule has 0 saturated carbocycles. The average molecular weight is 289 g/mol. The minimum atomic E-state index is 0.0271. The third-order valence-electron chi connectivity index (χ3n) is 3.80. The molecule has 0 spiro atoms. The van der Waals surface area contributed by atoms with Gasteiger partial charge in [0.25, 0.3) is 0 Å². The van der Waals surface area contributed by atoms with Gasteiger partial charge in [-0.05, 0) is 19.0 Å². The summed E-state index contributed by atoms with van der Waals surface area (Å²) in [7, 11) is 1.87. The molecule has 1 aliphatic rings. The van der Waals surface area contributed by atoms with E-state index in [1.807, 2.05) is 44.3 Å². The van der Waals surface area contributed by atoms with Crippen LogP contribution < -0.4 is 5.32 Å². The lowest BCUT2D eigenvalue weighted by atomic mass is 10.1. The highest BCUT2D eigenvalue weighted by Crippen LogP contribution is 2.16. The van der Waals surface area contributed by atoms with Gasteiger partial charge < -0.3 is 15.1 Å². The number of rotatable bonds is 6. The number of benzene rings is 1. The fourth-order valence-corrected chi connectivity index (χ4v) is 2.61. The Hall–Kier alpha value is -1.88. The highest BCUT2D eigenvalue weighted by atomic mass is 16.2. The van der Waals surface area contributed by atoms with Crippen LogP contribution in [0.2, 0.25) is 0 Å². The van der Waals surface area contributed by atoms with Crippen molar-refractivity contribution in [2.75, 3.05) is 33.2 Å². The topological polar surface area (TPSA) is 52.7 Å². The van der Waals surface area contributed by atoms with Gasteiger partial charge in [0, 0.05) is 19.1 Å². The molecule has 1 saturated heterocycles. The van der Waals surface area contributed by atoms with Crippen LogP contribution in [-0.4, -0.2) is 54.8 Å². The van der Waals surface area contributed by atoms with Gasteiger partial charge >= 0.3 is 0 Å². The zero-order chi connectivity index (χ0) is 15.2. The first-order valence-corrected chi connectivity index (χ1v) is 7.43. The van der Waals surface area contributed by atoms with Crippen LogP contribution in [0.25, 0.3) is 0 Å².